The van der Waals surface area contributed by atoms with Gasteiger partial charge < -0.3 is 9.84 Å². The number of hydrogen-bond donors (Lipinski definition) is 1. The molecule has 17 heavy (non-hydrogen) atoms. The van der Waals surface area contributed by atoms with Gasteiger partial charge in [-0.3, -0.25) is 0 Å². The molecule has 0 aliphatic rings. The summed E-state index contributed by atoms with van der Waals surface area (Å²) in [5.74, 6) is 0.594. The lowest BCUT2D eigenvalue weighted by molar-refractivity contribution is 0.373. The van der Waals surface area contributed by atoms with E-state index in [0.29, 0.717) is 5.75 Å². The van der Waals surface area contributed by atoms with Crippen molar-refractivity contribution in [2.45, 2.75) is 0 Å². The minimum absolute atomic E-state index is 0.136. The first-order valence-electron chi connectivity index (χ1n) is 5.34. The molecule has 0 atom stereocenters. The fourth-order valence-corrected chi connectivity index (χ4v) is 1.67. The van der Waals surface area contributed by atoms with Crippen LogP contribution in [0.2, 0.25) is 0 Å². The highest BCUT2D eigenvalue weighted by Crippen LogP contribution is 2.31. The summed E-state index contributed by atoms with van der Waals surface area (Å²) in [6.07, 6.45) is 0. The summed E-state index contributed by atoms with van der Waals surface area (Å²) in [4.78, 5) is 0. The molecule has 2 heteroatoms. The van der Waals surface area contributed by atoms with Gasteiger partial charge in [0.1, 0.15) is 0 Å². The van der Waals surface area contributed by atoms with Gasteiger partial charge in [-0.2, -0.15) is 0 Å². The second-order valence-corrected chi connectivity index (χ2v) is 3.73. The number of phenolic OH excluding ortho intramolecular Hbond substituents is 1. The van der Waals surface area contributed by atoms with Gasteiger partial charge in [0.05, 0.1) is 7.11 Å². The van der Waals surface area contributed by atoms with Crippen LogP contribution in [0.5, 0.6) is 11.5 Å². The summed E-state index contributed by atoms with van der Waals surface area (Å²) in [7, 11) is 1.53. The summed E-state index contributed by atoms with van der Waals surface area (Å²) >= 11 is 0. The van der Waals surface area contributed by atoms with Crippen LogP contribution < -0.4 is 4.74 Å². The number of methoxy groups -OCH3 is 1. The van der Waals surface area contributed by atoms with Crippen molar-refractivity contribution in [2.24, 2.45) is 0 Å². The average molecular weight is 226 g/mol. The monoisotopic (exact) mass is 226 g/mol. The van der Waals surface area contributed by atoms with Crippen LogP contribution >= 0.6 is 0 Å². The van der Waals surface area contributed by atoms with E-state index in [0.717, 1.165) is 16.7 Å². The summed E-state index contributed by atoms with van der Waals surface area (Å²) in [5.41, 5.74) is 2.90. The molecule has 0 amide bonds. The minimum Gasteiger partial charge on any atom is -0.504 e. The molecule has 0 aliphatic carbocycles. The maximum Gasteiger partial charge on any atom is 0.161 e. The molecule has 0 aliphatic heterocycles. The molecular formula is C15H14O2. The minimum atomic E-state index is 0.136. The predicted octanol–water partition coefficient (Wildman–Crippen LogP) is 3.46. The number of benzene rings is 2. The van der Waals surface area contributed by atoms with Crippen LogP contribution in [0.4, 0.5) is 0 Å². The van der Waals surface area contributed by atoms with E-state index in [1.807, 2.05) is 36.4 Å². The van der Waals surface area contributed by atoms with E-state index in [-0.39, 0.29) is 5.75 Å². The molecule has 0 unspecified atom stereocenters. The highest BCUT2D eigenvalue weighted by atomic mass is 16.5. The third-order valence-corrected chi connectivity index (χ3v) is 2.65. The van der Waals surface area contributed by atoms with Gasteiger partial charge in [0.15, 0.2) is 11.5 Å². The molecule has 2 aromatic carbocycles. The zero-order chi connectivity index (χ0) is 12.3. The molecule has 0 saturated heterocycles. The van der Waals surface area contributed by atoms with Crippen LogP contribution in [-0.4, -0.2) is 12.2 Å². The third kappa shape index (κ3) is 2.31. The standard InChI is InChI=1S/C15H14O2/c1-11(12-6-4-3-5-7-12)13-8-9-14(16)15(10-13)17-2/h3-10,16H,1H2,2H3. The lowest BCUT2D eigenvalue weighted by Crippen LogP contribution is -1.89. The van der Waals surface area contributed by atoms with Crippen molar-refractivity contribution >= 4 is 5.57 Å². The van der Waals surface area contributed by atoms with E-state index in [1.54, 1.807) is 12.1 Å². The Kier molecular flexibility index (Phi) is 3.15. The van der Waals surface area contributed by atoms with Crippen LogP contribution in [0, 0.1) is 0 Å². The fourth-order valence-electron chi connectivity index (χ4n) is 1.67. The summed E-state index contributed by atoms with van der Waals surface area (Å²) < 4.78 is 5.08. The number of rotatable bonds is 3. The van der Waals surface area contributed by atoms with Crippen molar-refractivity contribution in [3.05, 3.63) is 66.2 Å². The van der Waals surface area contributed by atoms with Crippen molar-refractivity contribution in [3.63, 3.8) is 0 Å². The molecular weight excluding hydrogens is 212 g/mol. The number of phenols is 1. The van der Waals surface area contributed by atoms with E-state index in [4.69, 9.17) is 4.74 Å². The smallest absolute Gasteiger partial charge is 0.161 e. The zero-order valence-corrected chi connectivity index (χ0v) is 9.68. The highest BCUT2D eigenvalue weighted by molar-refractivity contribution is 5.79. The van der Waals surface area contributed by atoms with Gasteiger partial charge in [-0.1, -0.05) is 43.0 Å². The Bertz CT molecular complexity index is 530. The molecule has 0 spiro atoms. The van der Waals surface area contributed by atoms with Gasteiger partial charge in [-0.15, -0.1) is 0 Å². The van der Waals surface area contributed by atoms with Gasteiger partial charge in [-0.25, -0.2) is 0 Å². The van der Waals surface area contributed by atoms with Crippen LogP contribution in [-0.2, 0) is 0 Å². The van der Waals surface area contributed by atoms with E-state index < -0.39 is 0 Å². The van der Waals surface area contributed by atoms with E-state index in [9.17, 15) is 5.11 Å². The van der Waals surface area contributed by atoms with Gasteiger partial charge in [-0.05, 0) is 28.8 Å². The Morgan fingerprint density at radius 2 is 1.76 bits per heavy atom. The van der Waals surface area contributed by atoms with Crippen molar-refractivity contribution in [1.82, 2.24) is 0 Å². The Labute approximate surface area is 101 Å². The lowest BCUT2D eigenvalue weighted by atomic mass is 9.99. The molecule has 2 nitrogen and oxygen atoms in total. The fraction of sp³-hybridized carbons (Fsp3) is 0.0667. The van der Waals surface area contributed by atoms with Crippen molar-refractivity contribution in [2.75, 3.05) is 7.11 Å². The topological polar surface area (TPSA) is 29.5 Å². The summed E-state index contributed by atoms with van der Waals surface area (Å²) in [6.45, 7) is 4.06. The first-order valence-corrected chi connectivity index (χ1v) is 5.34. The van der Waals surface area contributed by atoms with Crippen molar-refractivity contribution in [3.8, 4) is 11.5 Å². The van der Waals surface area contributed by atoms with E-state index in [1.165, 1.54) is 7.11 Å². The van der Waals surface area contributed by atoms with Crippen LogP contribution in [0.15, 0.2) is 55.1 Å². The number of aromatic hydroxyl groups is 1. The zero-order valence-electron chi connectivity index (χ0n) is 9.68. The molecule has 1 N–H and O–H groups in total. The summed E-state index contributed by atoms with van der Waals surface area (Å²) in [6, 6.07) is 15.1. The normalized spacial score (nSPS) is 9.94. The number of hydrogen-bond acceptors (Lipinski definition) is 2. The maximum atomic E-state index is 9.53. The molecule has 0 bridgehead atoms. The Hall–Kier alpha value is -2.22. The van der Waals surface area contributed by atoms with Crippen LogP contribution in [0.3, 0.4) is 0 Å². The van der Waals surface area contributed by atoms with Crippen LogP contribution in [0.25, 0.3) is 5.57 Å². The Morgan fingerprint density at radius 1 is 1.06 bits per heavy atom. The largest absolute Gasteiger partial charge is 0.504 e. The molecule has 0 radical (unpaired) electrons. The quantitative estimate of drug-likeness (QED) is 0.868. The Balaban J connectivity index is 2.38. The third-order valence-electron chi connectivity index (χ3n) is 2.65. The predicted molar refractivity (Wildman–Crippen MR) is 69.2 cm³/mol. The molecule has 2 aromatic rings. The lowest BCUT2D eigenvalue weighted by Gasteiger charge is -2.09. The van der Waals surface area contributed by atoms with Gasteiger partial charge in [0.25, 0.3) is 0 Å². The van der Waals surface area contributed by atoms with Crippen LogP contribution in [0.1, 0.15) is 11.1 Å². The SMILES string of the molecule is C=C(c1ccccc1)c1ccc(O)c(OC)c1. The molecule has 0 heterocycles. The maximum absolute atomic E-state index is 9.53. The van der Waals surface area contributed by atoms with E-state index in [2.05, 4.69) is 6.58 Å². The highest BCUT2D eigenvalue weighted by Gasteiger charge is 2.06. The molecule has 86 valence electrons. The molecule has 0 saturated carbocycles. The number of ether oxygens (including phenoxy) is 1. The average Bonchev–Trinajstić information content (AvgIpc) is 2.39. The first kappa shape index (κ1) is 11.3. The Morgan fingerprint density at radius 3 is 2.41 bits per heavy atom. The first-order chi connectivity index (χ1) is 8.22. The second-order valence-electron chi connectivity index (χ2n) is 3.73. The molecule has 2 rings (SSSR count). The second kappa shape index (κ2) is 4.74. The van der Waals surface area contributed by atoms with Gasteiger partial charge in [0.2, 0.25) is 0 Å². The molecule has 0 aromatic heterocycles. The van der Waals surface area contributed by atoms with Gasteiger partial charge in [0, 0.05) is 0 Å². The van der Waals surface area contributed by atoms with Gasteiger partial charge >= 0.3 is 0 Å². The van der Waals surface area contributed by atoms with Crippen molar-refractivity contribution < 1.29 is 9.84 Å². The molecule has 0 fully saturated rings. The summed E-state index contributed by atoms with van der Waals surface area (Å²) in [5, 5.41) is 9.53. The van der Waals surface area contributed by atoms with Crippen molar-refractivity contribution in [1.29, 1.82) is 0 Å². The van der Waals surface area contributed by atoms with E-state index >= 15 is 0 Å².